The monoisotopic (exact) mass is 267 g/mol. The second kappa shape index (κ2) is 10.2. The van der Waals surface area contributed by atoms with Crippen LogP contribution >= 0.6 is 23.2 Å². The van der Waals surface area contributed by atoms with E-state index >= 15 is 0 Å². The van der Waals surface area contributed by atoms with E-state index in [0.717, 1.165) is 6.42 Å². The Kier molecular flexibility index (Phi) is 10.3. The number of nitrogens with one attached hydrogen (secondary N) is 1. The van der Waals surface area contributed by atoms with Crippen molar-refractivity contribution < 1.29 is 4.79 Å². The van der Waals surface area contributed by atoms with Gasteiger partial charge >= 0.3 is 5.37 Å². The standard InChI is InChI=1S/C12H23Cl2NO/c1-3-4-5-6-7-8-9-10(2)11(13)15-12(14)16/h10-11H,3-9H2,1-2H3,(H,15,16). The Balaban J connectivity index is 3.42. The molecule has 2 unspecified atom stereocenters. The van der Waals surface area contributed by atoms with Crippen LogP contribution in [0.1, 0.15) is 58.8 Å². The zero-order chi connectivity index (χ0) is 12.4. The van der Waals surface area contributed by atoms with Crippen molar-refractivity contribution >= 4 is 28.6 Å². The van der Waals surface area contributed by atoms with Gasteiger partial charge in [0, 0.05) is 0 Å². The molecule has 0 radical (unpaired) electrons. The van der Waals surface area contributed by atoms with Crippen molar-refractivity contribution in [2.24, 2.45) is 5.92 Å². The van der Waals surface area contributed by atoms with Gasteiger partial charge in [-0.05, 0) is 23.9 Å². The van der Waals surface area contributed by atoms with E-state index in [1.54, 1.807) is 0 Å². The summed E-state index contributed by atoms with van der Waals surface area (Å²) in [5.74, 6) is 0.274. The fourth-order valence-corrected chi connectivity index (χ4v) is 2.04. The molecule has 0 aliphatic carbocycles. The van der Waals surface area contributed by atoms with Crippen molar-refractivity contribution in [2.45, 2.75) is 64.3 Å². The van der Waals surface area contributed by atoms with Gasteiger partial charge in [-0.15, -0.1) is 0 Å². The van der Waals surface area contributed by atoms with Crippen molar-refractivity contribution in [1.82, 2.24) is 5.32 Å². The van der Waals surface area contributed by atoms with Gasteiger partial charge < -0.3 is 5.32 Å². The number of hydrogen-bond acceptors (Lipinski definition) is 1. The molecule has 2 nitrogen and oxygen atoms in total. The van der Waals surface area contributed by atoms with Gasteiger partial charge in [0.15, 0.2) is 0 Å². The zero-order valence-corrected chi connectivity index (χ0v) is 11.8. The highest BCUT2D eigenvalue weighted by Gasteiger charge is 2.15. The van der Waals surface area contributed by atoms with E-state index in [4.69, 9.17) is 23.2 Å². The number of hydrogen-bond donors (Lipinski definition) is 1. The number of carbonyl (C=O) groups excluding carboxylic acids is 1. The minimum Gasteiger partial charge on any atom is -0.326 e. The number of rotatable bonds is 9. The third-order valence-corrected chi connectivity index (χ3v) is 3.41. The molecule has 1 amide bonds. The third-order valence-electron chi connectivity index (χ3n) is 2.76. The molecule has 0 saturated carbocycles. The Hall–Kier alpha value is 0.0500. The third kappa shape index (κ3) is 9.29. The van der Waals surface area contributed by atoms with Gasteiger partial charge in [-0.1, -0.05) is 64.0 Å². The molecule has 0 rings (SSSR count). The lowest BCUT2D eigenvalue weighted by Gasteiger charge is -2.17. The smallest absolute Gasteiger partial charge is 0.314 e. The largest absolute Gasteiger partial charge is 0.326 e. The van der Waals surface area contributed by atoms with Gasteiger partial charge in [-0.3, -0.25) is 4.79 Å². The molecule has 96 valence electrons. The number of halogens is 2. The van der Waals surface area contributed by atoms with Gasteiger partial charge in [0.2, 0.25) is 0 Å². The van der Waals surface area contributed by atoms with Crippen LogP contribution in [-0.2, 0) is 0 Å². The highest BCUT2D eigenvalue weighted by atomic mass is 35.5. The van der Waals surface area contributed by atoms with E-state index < -0.39 is 5.37 Å². The van der Waals surface area contributed by atoms with Crippen molar-refractivity contribution in [2.75, 3.05) is 0 Å². The second-order valence-corrected chi connectivity index (χ2v) is 5.17. The van der Waals surface area contributed by atoms with Crippen LogP contribution in [0.25, 0.3) is 0 Å². The maximum atomic E-state index is 10.6. The van der Waals surface area contributed by atoms with E-state index in [1.165, 1.54) is 38.5 Å². The normalized spacial score (nSPS) is 14.5. The second-order valence-electron chi connectivity index (χ2n) is 4.35. The molecule has 0 aliphatic heterocycles. The molecule has 1 N–H and O–H groups in total. The average Bonchev–Trinajstić information content (AvgIpc) is 2.21. The summed E-state index contributed by atoms with van der Waals surface area (Å²) in [6, 6.07) is 0. The van der Waals surface area contributed by atoms with Crippen LogP contribution in [0.3, 0.4) is 0 Å². The summed E-state index contributed by atoms with van der Waals surface area (Å²) in [5.41, 5.74) is -0.347. The number of carbonyl (C=O) groups is 1. The minimum atomic E-state index is -0.574. The fourth-order valence-electron chi connectivity index (χ4n) is 1.64. The molecule has 0 aliphatic rings. The average molecular weight is 268 g/mol. The molecule has 0 heterocycles. The number of unbranched alkanes of at least 4 members (excludes halogenated alkanes) is 5. The lowest BCUT2D eigenvalue weighted by atomic mass is 10.0. The summed E-state index contributed by atoms with van der Waals surface area (Å²) in [5, 5.41) is 1.92. The van der Waals surface area contributed by atoms with Crippen LogP contribution in [0, 0.1) is 5.92 Å². The molecule has 0 aromatic carbocycles. The molecule has 0 bridgehead atoms. The van der Waals surface area contributed by atoms with E-state index in [1.807, 2.05) is 6.92 Å². The summed E-state index contributed by atoms with van der Waals surface area (Å²) in [6.45, 7) is 4.26. The first-order valence-electron chi connectivity index (χ1n) is 6.18. The maximum absolute atomic E-state index is 10.6. The summed E-state index contributed by atoms with van der Waals surface area (Å²) in [6.07, 6.45) is 8.70. The topological polar surface area (TPSA) is 29.1 Å². The molecular formula is C12H23Cl2NO. The van der Waals surface area contributed by atoms with Crippen molar-refractivity contribution in [3.8, 4) is 0 Å². The Morgan fingerprint density at radius 2 is 1.75 bits per heavy atom. The van der Waals surface area contributed by atoms with Crippen molar-refractivity contribution in [3.63, 3.8) is 0 Å². The summed E-state index contributed by atoms with van der Waals surface area (Å²) < 4.78 is 0. The van der Waals surface area contributed by atoms with E-state index in [9.17, 15) is 4.79 Å². The highest BCUT2D eigenvalue weighted by molar-refractivity contribution is 6.63. The first kappa shape index (κ1) is 16.1. The fraction of sp³-hybridized carbons (Fsp3) is 0.917. The van der Waals surface area contributed by atoms with Gasteiger partial charge in [-0.25, -0.2) is 0 Å². The zero-order valence-electron chi connectivity index (χ0n) is 10.3. The molecule has 0 spiro atoms. The molecule has 0 fully saturated rings. The molecule has 0 saturated heterocycles. The molecule has 0 aromatic rings. The Bertz CT molecular complexity index is 188. The van der Waals surface area contributed by atoms with Gasteiger partial charge in [-0.2, -0.15) is 0 Å². The Morgan fingerprint density at radius 3 is 2.31 bits per heavy atom. The predicted octanol–water partition coefficient (Wildman–Crippen LogP) is 4.89. The Morgan fingerprint density at radius 1 is 1.19 bits per heavy atom. The maximum Gasteiger partial charge on any atom is 0.314 e. The lowest BCUT2D eigenvalue weighted by molar-refractivity contribution is 0.256. The molecule has 16 heavy (non-hydrogen) atoms. The van der Waals surface area contributed by atoms with Crippen LogP contribution in [0.4, 0.5) is 4.79 Å². The minimum absolute atomic E-state index is 0.274. The summed E-state index contributed by atoms with van der Waals surface area (Å²) >= 11 is 11.2. The molecular weight excluding hydrogens is 245 g/mol. The van der Waals surface area contributed by atoms with Crippen LogP contribution in [0.5, 0.6) is 0 Å². The number of alkyl halides is 1. The van der Waals surface area contributed by atoms with Gasteiger partial charge in [0.05, 0.1) is 0 Å². The summed E-state index contributed by atoms with van der Waals surface area (Å²) in [4.78, 5) is 10.6. The predicted molar refractivity (Wildman–Crippen MR) is 71.2 cm³/mol. The first-order valence-corrected chi connectivity index (χ1v) is 6.99. The molecule has 0 aromatic heterocycles. The highest BCUT2D eigenvalue weighted by Crippen LogP contribution is 2.17. The van der Waals surface area contributed by atoms with Crippen LogP contribution in [-0.4, -0.2) is 10.9 Å². The SMILES string of the molecule is CCCCCCCCC(C)C(Cl)NC(=O)Cl. The van der Waals surface area contributed by atoms with E-state index in [0.29, 0.717) is 0 Å². The van der Waals surface area contributed by atoms with E-state index in [2.05, 4.69) is 12.2 Å². The van der Waals surface area contributed by atoms with Crippen LogP contribution in [0.15, 0.2) is 0 Å². The molecule has 2 atom stereocenters. The lowest BCUT2D eigenvalue weighted by Crippen LogP contribution is -2.31. The van der Waals surface area contributed by atoms with Gasteiger partial charge in [0.25, 0.3) is 0 Å². The van der Waals surface area contributed by atoms with Gasteiger partial charge in [0.1, 0.15) is 5.50 Å². The summed E-state index contributed by atoms with van der Waals surface area (Å²) in [7, 11) is 0. The van der Waals surface area contributed by atoms with Crippen molar-refractivity contribution in [1.29, 1.82) is 0 Å². The van der Waals surface area contributed by atoms with Crippen molar-refractivity contribution in [3.05, 3.63) is 0 Å². The van der Waals surface area contributed by atoms with E-state index in [-0.39, 0.29) is 11.4 Å². The first-order chi connectivity index (χ1) is 7.57. The van der Waals surface area contributed by atoms with Crippen LogP contribution in [0.2, 0.25) is 0 Å². The number of amides is 1. The molecule has 4 heteroatoms. The van der Waals surface area contributed by atoms with Crippen LogP contribution < -0.4 is 5.32 Å². The Labute approximate surface area is 109 Å². The quantitative estimate of drug-likeness (QED) is 0.274.